The highest BCUT2D eigenvalue weighted by Crippen LogP contribution is 2.22. The number of benzene rings is 2. The molecule has 0 unspecified atom stereocenters. The van der Waals surface area contributed by atoms with Crippen molar-refractivity contribution < 1.29 is 24.5 Å². The van der Waals surface area contributed by atoms with E-state index in [2.05, 4.69) is 0 Å². The Bertz CT molecular complexity index is 711. The molecule has 0 aliphatic carbocycles. The van der Waals surface area contributed by atoms with Gasteiger partial charge in [0.2, 0.25) is 5.91 Å². The van der Waals surface area contributed by atoms with Gasteiger partial charge in [0.25, 0.3) is 11.4 Å². The Balaban J connectivity index is 0.000000272. The van der Waals surface area contributed by atoms with Crippen molar-refractivity contribution in [3.05, 3.63) is 79.9 Å². The first-order chi connectivity index (χ1) is 11.2. The molecule has 0 aliphatic heterocycles. The molecule has 2 aromatic carbocycles. The molecule has 0 aromatic heterocycles. The first-order valence-electron chi connectivity index (χ1n) is 6.24. The lowest BCUT2D eigenvalue weighted by Crippen LogP contribution is -2.09. The van der Waals surface area contributed by atoms with E-state index in [4.69, 9.17) is 10.8 Å². The third kappa shape index (κ3) is 5.18. The van der Waals surface area contributed by atoms with Gasteiger partial charge in [0.15, 0.2) is 0 Å². The van der Waals surface area contributed by atoms with E-state index >= 15 is 0 Å². The summed E-state index contributed by atoms with van der Waals surface area (Å²) in [5.74, 6) is -1.84. The van der Waals surface area contributed by atoms with Gasteiger partial charge in [0, 0.05) is 17.7 Å². The highest BCUT2D eigenvalue weighted by atomic mass is 16.6. The van der Waals surface area contributed by atoms with E-state index in [0.29, 0.717) is 11.6 Å². The number of carboxylic acid groups (broad SMARTS) is 1. The van der Waals surface area contributed by atoms with Crippen LogP contribution in [0.2, 0.25) is 0 Å². The summed E-state index contributed by atoms with van der Waals surface area (Å²) in [7, 11) is 0. The number of nitrogens with two attached hydrogens (primary N) is 1. The number of hydrogen-bond acceptors (Lipinski definition) is 6. The Kier molecular flexibility index (Phi) is 6.06. The fourth-order valence-corrected chi connectivity index (χ4v) is 1.53. The minimum absolute atomic E-state index is 0.379. The second kappa shape index (κ2) is 7.98. The molecule has 24 heavy (non-hydrogen) atoms. The lowest BCUT2D eigenvalue weighted by Gasteiger charge is -1.96. The van der Waals surface area contributed by atoms with Crippen LogP contribution < -0.4 is 5.73 Å². The van der Waals surface area contributed by atoms with Crippen molar-refractivity contribution in [3.8, 4) is 0 Å². The summed E-state index contributed by atoms with van der Waals surface area (Å²) >= 11 is 0. The first-order valence-corrected chi connectivity index (χ1v) is 6.24. The van der Waals surface area contributed by atoms with Crippen LogP contribution in [-0.2, 0) is 0 Å². The average Bonchev–Trinajstić information content (AvgIpc) is 2.55. The third-order valence-electron chi connectivity index (χ3n) is 2.63. The molecule has 0 radical (unpaired) electrons. The molecule has 0 saturated heterocycles. The molecule has 0 fully saturated rings. The number of nitro benzene ring substituents is 2. The van der Waals surface area contributed by atoms with Crippen LogP contribution in [0.15, 0.2) is 48.5 Å². The number of carbonyl (C=O) groups is 2. The summed E-state index contributed by atoms with van der Waals surface area (Å²) in [6.45, 7) is 0. The molecule has 0 heterocycles. The van der Waals surface area contributed by atoms with Crippen LogP contribution in [0.3, 0.4) is 0 Å². The summed E-state index contributed by atoms with van der Waals surface area (Å²) in [6, 6.07) is 11.0. The minimum Gasteiger partial charge on any atom is -0.478 e. The molecule has 0 saturated carbocycles. The van der Waals surface area contributed by atoms with Crippen molar-refractivity contribution in [2.45, 2.75) is 0 Å². The van der Waals surface area contributed by atoms with E-state index < -0.39 is 32.8 Å². The zero-order valence-corrected chi connectivity index (χ0v) is 12.0. The van der Waals surface area contributed by atoms with Gasteiger partial charge in [-0.2, -0.15) is 0 Å². The molecule has 1 amide bonds. The molecule has 0 spiro atoms. The lowest BCUT2D eigenvalue weighted by molar-refractivity contribution is -0.394. The largest absolute Gasteiger partial charge is 0.478 e. The highest BCUT2D eigenvalue weighted by molar-refractivity contribution is 5.92. The number of non-ortho nitro benzene ring substituents is 2. The van der Waals surface area contributed by atoms with E-state index in [-0.39, 0.29) is 5.91 Å². The summed E-state index contributed by atoms with van der Waals surface area (Å²) in [5, 5.41) is 29.2. The van der Waals surface area contributed by atoms with Crippen molar-refractivity contribution in [1.29, 1.82) is 0 Å². The number of carboxylic acids is 1. The Hall–Kier alpha value is -3.82. The highest BCUT2D eigenvalue weighted by Gasteiger charge is 2.19. The predicted octanol–water partition coefficient (Wildman–Crippen LogP) is 1.99. The molecule has 3 N–H and O–H groups in total. The predicted molar refractivity (Wildman–Crippen MR) is 81.7 cm³/mol. The van der Waals surface area contributed by atoms with Crippen molar-refractivity contribution in [2.24, 2.45) is 5.73 Å². The van der Waals surface area contributed by atoms with Gasteiger partial charge in [-0.05, 0) is 12.1 Å². The first kappa shape index (κ1) is 18.2. The molecule has 0 bridgehead atoms. The van der Waals surface area contributed by atoms with Crippen LogP contribution in [0.4, 0.5) is 11.4 Å². The number of rotatable bonds is 4. The summed E-state index contributed by atoms with van der Waals surface area (Å²) in [4.78, 5) is 39.8. The Morgan fingerprint density at radius 2 is 1.33 bits per heavy atom. The summed E-state index contributed by atoms with van der Waals surface area (Å²) in [5.41, 5.74) is 3.79. The topological polar surface area (TPSA) is 167 Å². The van der Waals surface area contributed by atoms with Gasteiger partial charge in [-0.3, -0.25) is 25.0 Å². The standard InChI is InChI=1S/C7H4N2O6.C7H7NO/c10-7(11)4-1-5(8(12)13)3-6(2-4)9(14)15;8-7(9)6-4-2-1-3-5-6/h1-3H,(H,10,11);1-5H,(H2,8,9). The number of primary amides is 1. The number of aromatic carboxylic acids is 1. The monoisotopic (exact) mass is 333 g/mol. The molecule has 2 aromatic rings. The lowest BCUT2D eigenvalue weighted by atomic mass is 10.2. The SMILES string of the molecule is NC(=O)c1ccccc1.O=C(O)c1cc([N+](=O)[O-])cc([N+](=O)[O-])c1. The minimum atomic E-state index is -1.46. The van der Waals surface area contributed by atoms with E-state index in [1.165, 1.54) is 0 Å². The normalized spacial score (nSPS) is 9.33. The van der Waals surface area contributed by atoms with Crippen molar-refractivity contribution in [1.82, 2.24) is 0 Å². The van der Waals surface area contributed by atoms with Crippen LogP contribution >= 0.6 is 0 Å². The van der Waals surface area contributed by atoms with Gasteiger partial charge in [-0.25, -0.2) is 4.79 Å². The number of nitrogens with zero attached hydrogens (tertiary/aromatic N) is 2. The number of carbonyl (C=O) groups excluding carboxylic acids is 1. The second-order valence-corrected chi connectivity index (χ2v) is 4.29. The average molecular weight is 333 g/mol. The van der Waals surface area contributed by atoms with E-state index in [9.17, 15) is 29.8 Å². The maximum absolute atomic E-state index is 10.5. The smallest absolute Gasteiger partial charge is 0.336 e. The number of hydrogen-bond donors (Lipinski definition) is 2. The number of nitro groups is 2. The molecule has 0 aliphatic rings. The molecule has 0 atom stereocenters. The molecular formula is C14H11N3O7. The molecule has 10 heteroatoms. The maximum Gasteiger partial charge on any atom is 0.336 e. The van der Waals surface area contributed by atoms with Gasteiger partial charge in [0.05, 0.1) is 21.5 Å². The quantitative estimate of drug-likeness (QED) is 0.637. The summed E-state index contributed by atoms with van der Waals surface area (Å²) in [6.07, 6.45) is 0. The second-order valence-electron chi connectivity index (χ2n) is 4.29. The van der Waals surface area contributed by atoms with Crippen molar-refractivity contribution in [3.63, 3.8) is 0 Å². The van der Waals surface area contributed by atoms with Gasteiger partial charge in [-0.15, -0.1) is 0 Å². The van der Waals surface area contributed by atoms with Gasteiger partial charge in [-0.1, -0.05) is 18.2 Å². The number of amides is 1. The fourth-order valence-electron chi connectivity index (χ4n) is 1.53. The molecule has 124 valence electrons. The van der Waals surface area contributed by atoms with E-state index in [1.807, 2.05) is 6.07 Å². The third-order valence-corrected chi connectivity index (χ3v) is 2.63. The van der Waals surface area contributed by atoms with E-state index in [0.717, 1.165) is 12.1 Å². The van der Waals surface area contributed by atoms with Gasteiger partial charge in [0.1, 0.15) is 0 Å². The zero-order valence-electron chi connectivity index (χ0n) is 12.0. The van der Waals surface area contributed by atoms with Crippen molar-refractivity contribution in [2.75, 3.05) is 0 Å². The Labute approximate surface area is 134 Å². The Morgan fingerprint density at radius 1 is 0.875 bits per heavy atom. The molecular weight excluding hydrogens is 322 g/mol. The van der Waals surface area contributed by atoms with E-state index in [1.54, 1.807) is 24.3 Å². The van der Waals surface area contributed by atoms with Crippen LogP contribution in [-0.4, -0.2) is 26.8 Å². The summed E-state index contributed by atoms with van der Waals surface area (Å²) < 4.78 is 0. The molecule has 2 rings (SSSR count). The van der Waals surface area contributed by atoms with Crippen LogP contribution in [0.1, 0.15) is 20.7 Å². The maximum atomic E-state index is 10.5. The van der Waals surface area contributed by atoms with Gasteiger partial charge < -0.3 is 10.8 Å². The Morgan fingerprint density at radius 3 is 1.62 bits per heavy atom. The molecule has 10 nitrogen and oxygen atoms in total. The zero-order chi connectivity index (χ0) is 18.3. The van der Waals surface area contributed by atoms with Crippen molar-refractivity contribution >= 4 is 23.3 Å². The van der Waals surface area contributed by atoms with Crippen LogP contribution in [0.5, 0.6) is 0 Å². The van der Waals surface area contributed by atoms with Crippen LogP contribution in [0.25, 0.3) is 0 Å². The van der Waals surface area contributed by atoms with Crippen LogP contribution in [0, 0.1) is 20.2 Å². The fraction of sp³-hybridized carbons (Fsp3) is 0. The van der Waals surface area contributed by atoms with Gasteiger partial charge >= 0.3 is 5.97 Å².